The van der Waals surface area contributed by atoms with E-state index < -0.39 is 17.5 Å². The number of ether oxygens (including phenoxy) is 1. The summed E-state index contributed by atoms with van der Waals surface area (Å²) in [4.78, 5) is 16.4. The first-order valence-corrected chi connectivity index (χ1v) is 8.29. The van der Waals surface area contributed by atoms with Crippen molar-refractivity contribution in [3.8, 4) is 5.75 Å². The highest BCUT2D eigenvalue weighted by Crippen LogP contribution is 2.18. The lowest BCUT2D eigenvalue weighted by molar-refractivity contribution is 0.102. The standard InChI is InChI=1S/C18H14F2N2O2S/c1-11-21-14(10-25-11)9-24-15-5-2-12(3-6-15)18(23)22-13-4-7-16(19)17(20)8-13/h2-8,10H,9H2,1H3,(H,22,23). The van der Waals surface area contributed by atoms with Crippen LogP contribution < -0.4 is 10.1 Å². The summed E-state index contributed by atoms with van der Waals surface area (Å²) in [6, 6.07) is 9.71. The van der Waals surface area contributed by atoms with Gasteiger partial charge in [-0.15, -0.1) is 11.3 Å². The van der Waals surface area contributed by atoms with Crippen molar-refractivity contribution < 1.29 is 18.3 Å². The third kappa shape index (κ3) is 4.39. The average Bonchev–Trinajstić information content (AvgIpc) is 3.02. The van der Waals surface area contributed by atoms with Gasteiger partial charge in [-0.05, 0) is 43.3 Å². The Labute approximate surface area is 147 Å². The van der Waals surface area contributed by atoms with E-state index >= 15 is 0 Å². The van der Waals surface area contributed by atoms with Crippen molar-refractivity contribution in [1.29, 1.82) is 0 Å². The average molecular weight is 360 g/mol. The van der Waals surface area contributed by atoms with Crippen LogP contribution in [-0.2, 0) is 6.61 Å². The number of nitrogens with zero attached hydrogens (tertiary/aromatic N) is 1. The zero-order valence-electron chi connectivity index (χ0n) is 13.3. The van der Waals surface area contributed by atoms with Crippen LogP contribution in [0.25, 0.3) is 0 Å². The molecule has 0 aliphatic heterocycles. The molecule has 2 aromatic carbocycles. The van der Waals surface area contributed by atoms with Crippen LogP contribution in [0.4, 0.5) is 14.5 Å². The first-order valence-electron chi connectivity index (χ1n) is 7.41. The Morgan fingerprint density at radius 2 is 1.92 bits per heavy atom. The molecule has 0 aliphatic rings. The molecule has 1 heterocycles. The molecule has 0 saturated carbocycles. The molecule has 4 nitrogen and oxygen atoms in total. The van der Waals surface area contributed by atoms with Crippen LogP contribution in [0.1, 0.15) is 21.1 Å². The van der Waals surface area contributed by atoms with Gasteiger partial charge in [0, 0.05) is 22.7 Å². The van der Waals surface area contributed by atoms with Gasteiger partial charge in [-0.2, -0.15) is 0 Å². The third-order valence-corrected chi connectivity index (χ3v) is 4.17. The zero-order chi connectivity index (χ0) is 17.8. The number of hydrogen-bond acceptors (Lipinski definition) is 4. The topological polar surface area (TPSA) is 51.2 Å². The number of carbonyl (C=O) groups excluding carboxylic acids is 1. The molecule has 1 aromatic heterocycles. The van der Waals surface area contributed by atoms with E-state index in [2.05, 4.69) is 10.3 Å². The summed E-state index contributed by atoms with van der Waals surface area (Å²) in [5.74, 6) is -1.80. The van der Waals surface area contributed by atoms with Gasteiger partial charge in [0.2, 0.25) is 0 Å². The molecule has 0 aliphatic carbocycles. The molecule has 0 fully saturated rings. The monoisotopic (exact) mass is 360 g/mol. The minimum absolute atomic E-state index is 0.183. The Balaban J connectivity index is 1.60. The van der Waals surface area contributed by atoms with Gasteiger partial charge < -0.3 is 10.1 Å². The first kappa shape index (κ1) is 17.0. The smallest absolute Gasteiger partial charge is 0.255 e. The lowest BCUT2D eigenvalue weighted by Crippen LogP contribution is -2.12. The highest BCUT2D eigenvalue weighted by atomic mass is 32.1. The van der Waals surface area contributed by atoms with Crippen molar-refractivity contribution in [3.05, 3.63) is 75.7 Å². The van der Waals surface area contributed by atoms with Crippen LogP contribution in [0, 0.1) is 18.6 Å². The first-order chi connectivity index (χ1) is 12.0. The van der Waals surface area contributed by atoms with Crippen molar-refractivity contribution in [2.45, 2.75) is 13.5 Å². The molecule has 1 amide bonds. The molecule has 0 unspecified atom stereocenters. The van der Waals surface area contributed by atoms with Crippen molar-refractivity contribution in [2.24, 2.45) is 0 Å². The normalized spacial score (nSPS) is 10.5. The second kappa shape index (κ2) is 7.40. The van der Waals surface area contributed by atoms with Gasteiger partial charge in [0.1, 0.15) is 12.4 Å². The predicted molar refractivity (Wildman–Crippen MR) is 91.9 cm³/mol. The summed E-state index contributed by atoms with van der Waals surface area (Å²) in [6.07, 6.45) is 0. The number of rotatable bonds is 5. The van der Waals surface area contributed by atoms with Crippen LogP contribution in [0.3, 0.4) is 0 Å². The summed E-state index contributed by atoms with van der Waals surface area (Å²) in [5, 5.41) is 5.42. The van der Waals surface area contributed by atoms with Gasteiger partial charge >= 0.3 is 0 Å². The van der Waals surface area contributed by atoms with Gasteiger partial charge in [-0.1, -0.05) is 0 Å². The van der Waals surface area contributed by atoms with E-state index in [-0.39, 0.29) is 5.69 Å². The van der Waals surface area contributed by atoms with Gasteiger partial charge in [0.05, 0.1) is 10.7 Å². The number of hydrogen-bond donors (Lipinski definition) is 1. The molecule has 3 rings (SSSR count). The number of thiazole rings is 1. The van der Waals surface area contributed by atoms with Crippen LogP contribution >= 0.6 is 11.3 Å². The fourth-order valence-electron chi connectivity index (χ4n) is 2.11. The maximum absolute atomic E-state index is 13.2. The molecule has 7 heteroatoms. The van der Waals surface area contributed by atoms with Crippen LogP contribution in [0.15, 0.2) is 47.8 Å². The molecule has 3 aromatic rings. The fraction of sp³-hybridized carbons (Fsp3) is 0.111. The largest absolute Gasteiger partial charge is 0.487 e. The SMILES string of the molecule is Cc1nc(COc2ccc(C(=O)Nc3ccc(F)c(F)c3)cc2)cs1. The second-order valence-corrected chi connectivity index (χ2v) is 6.32. The van der Waals surface area contributed by atoms with Crippen LogP contribution in [-0.4, -0.2) is 10.9 Å². The lowest BCUT2D eigenvalue weighted by atomic mass is 10.2. The zero-order valence-corrected chi connectivity index (χ0v) is 14.1. The van der Waals surface area contributed by atoms with Gasteiger partial charge in [0.25, 0.3) is 5.91 Å². The lowest BCUT2D eigenvalue weighted by Gasteiger charge is -2.07. The molecule has 0 atom stereocenters. The summed E-state index contributed by atoms with van der Waals surface area (Å²) in [5.41, 5.74) is 1.41. The number of halogens is 2. The Morgan fingerprint density at radius 1 is 1.16 bits per heavy atom. The highest BCUT2D eigenvalue weighted by molar-refractivity contribution is 7.09. The Kier molecular flexibility index (Phi) is 5.04. The summed E-state index contributed by atoms with van der Waals surface area (Å²) >= 11 is 1.55. The van der Waals surface area contributed by atoms with E-state index in [4.69, 9.17) is 4.74 Å². The molecule has 1 N–H and O–H groups in total. The molecule has 25 heavy (non-hydrogen) atoms. The van der Waals surface area contributed by atoms with E-state index in [9.17, 15) is 13.6 Å². The van der Waals surface area contributed by atoms with Crippen molar-refractivity contribution >= 4 is 22.9 Å². The van der Waals surface area contributed by atoms with Crippen molar-refractivity contribution in [3.63, 3.8) is 0 Å². The fourth-order valence-corrected chi connectivity index (χ4v) is 2.71. The quantitative estimate of drug-likeness (QED) is 0.726. The molecular weight excluding hydrogens is 346 g/mol. The van der Waals surface area contributed by atoms with Crippen LogP contribution in [0.5, 0.6) is 5.75 Å². The second-order valence-electron chi connectivity index (χ2n) is 5.25. The molecular formula is C18H14F2N2O2S. The maximum Gasteiger partial charge on any atom is 0.255 e. The van der Waals surface area contributed by atoms with Crippen molar-refractivity contribution in [2.75, 3.05) is 5.32 Å². The minimum atomic E-state index is -1.01. The maximum atomic E-state index is 13.2. The van der Waals surface area contributed by atoms with E-state index in [1.54, 1.807) is 35.6 Å². The van der Waals surface area contributed by atoms with E-state index in [1.807, 2.05) is 12.3 Å². The van der Waals surface area contributed by atoms with E-state index in [1.165, 1.54) is 6.07 Å². The number of nitrogens with one attached hydrogen (secondary N) is 1. The molecule has 0 bridgehead atoms. The molecule has 0 saturated heterocycles. The highest BCUT2D eigenvalue weighted by Gasteiger charge is 2.09. The molecule has 0 spiro atoms. The van der Waals surface area contributed by atoms with E-state index in [0.29, 0.717) is 17.9 Å². The Morgan fingerprint density at radius 3 is 2.56 bits per heavy atom. The Bertz CT molecular complexity index is 894. The number of benzene rings is 2. The summed E-state index contributed by atoms with van der Waals surface area (Å²) < 4.78 is 31.7. The predicted octanol–water partition coefficient (Wildman–Crippen LogP) is 4.56. The summed E-state index contributed by atoms with van der Waals surface area (Å²) in [7, 11) is 0. The van der Waals surface area contributed by atoms with Crippen LogP contribution in [0.2, 0.25) is 0 Å². The van der Waals surface area contributed by atoms with Gasteiger partial charge in [0.15, 0.2) is 11.6 Å². The van der Waals surface area contributed by atoms with Gasteiger partial charge in [-0.25, -0.2) is 13.8 Å². The van der Waals surface area contributed by atoms with E-state index in [0.717, 1.165) is 22.8 Å². The third-order valence-electron chi connectivity index (χ3n) is 3.35. The van der Waals surface area contributed by atoms with Crippen molar-refractivity contribution in [1.82, 2.24) is 4.98 Å². The number of carbonyl (C=O) groups is 1. The number of amides is 1. The Hall–Kier alpha value is -2.80. The number of aryl methyl sites for hydroxylation is 1. The summed E-state index contributed by atoms with van der Waals surface area (Å²) in [6.45, 7) is 2.28. The molecule has 128 valence electrons. The number of anilines is 1. The molecule has 0 radical (unpaired) electrons. The van der Waals surface area contributed by atoms with Gasteiger partial charge in [-0.3, -0.25) is 4.79 Å². The number of aromatic nitrogens is 1. The minimum Gasteiger partial charge on any atom is -0.487 e.